The topological polar surface area (TPSA) is 41.5 Å². The summed E-state index contributed by atoms with van der Waals surface area (Å²) in [4.78, 5) is 13.3. The van der Waals surface area contributed by atoms with Crippen molar-refractivity contribution in [3.63, 3.8) is 0 Å². The summed E-state index contributed by atoms with van der Waals surface area (Å²) in [5.74, 6) is -0.625. The second kappa shape index (κ2) is 10.7. The maximum absolute atomic E-state index is 13.3. The van der Waals surface area contributed by atoms with E-state index in [4.69, 9.17) is 0 Å². The third-order valence-corrected chi connectivity index (χ3v) is 5.12. The van der Waals surface area contributed by atoms with E-state index in [0.717, 1.165) is 22.3 Å². The van der Waals surface area contributed by atoms with Crippen molar-refractivity contribution >= 4 is 17.7 Å². The molecule has 0 radical (unpaired) electrons. The summed E-state index contributed by atoms with van der Waals surface area (Å²) in [6.45, 7) is 0. The van der Waals surface area contributed by atoms with Crippen LogP contribution in [0.1, 0.15) is 28.2 Å². The van der Waals surface area contributed by atoms with Crippen LogP contribution in [-0.4, -0.2) is 11.6 Å². The average molecular weight is 417 g/mol. The first kappa shape index (κ1) is 21.0. The number of nitrogens with one attached hydrogen (secondary N) is 1. The van der Waals surface area contributed by atoms with Crippen LogP contribution in [0.3, 0.4) is 0 Å². The Morgan fingerprint density at radius 2 is 1.12 bits per heavy atom. The number of carbonyl (C=O) groups excluding carboxylic acids is 1. The number of hydrazone groups is 1. The lowest BCUT2D eigenvalue weighted by atomic mass is 9.91. The van der Waals surface area contributed by atoms with Crippen molar-refractivity contribution in [2.45, 2.75) is 5.92 Å². The number of benzene rings is 4. The minimum Gasteiger partial charge on any atom is -0.272 e. The first-order chi connectivity index (χ1) is 15.8. The van der Waals surface area contributed by atoms with Gasteiger partial charge in [0, 0.05) is 5.56 Å². The molecular weight excluding hydrogens is 392 g/mol. The number of allylic oxidation sites excluding steroid dienone is 1. The van der Waals surface area contributed by atoms with Crippen LogP contribution in [0.25, 0.3) is 6.08 Å². The lowest BCUT2D eigenvalue weighted by molar-refractivity contribution is -0.121. The molecule has 0 aromatic heterocycles. The molecule has 4 aromatic carbocycles. The van der Waals surface area contributed by atoms with Crippen LogP contribution < -0.4 is 5.43 Å². The summed E-state index contributed by atoms with van der Waals surface area (Å²) < 4.78 is 0. The van der Waals surface area contributed by atoms with Gasteiger partial charge in [-0.15, -0.1) is 0 Å². The Balaban J connectivity index is 1.64. The molecule has 0 aliphatic carbocycles. The SMILES string of the molecule is O=C(NN=C(/C=C/c1ccccc1)c1ccccc1)C(c1ccccc1)c1ccccc1. The van der Waals surface area contributed by atoms with Gasteiger partial charge in [-0.2, -0.15) is 5.10 Å². The summed E-state index contributed by atoms with van der Waals surface area (Å²) in [5.41, 5.74) is 7.33. The molecule has 0 aliphatic rings. The van der Waals surface area contributed by atoms with Crippen LogP contribution >= 0.6 is 0 Å². The minimum atomic E-state index is -0.448. The first-order valence-electron chi connectivity index (χ1n) is 10.6. The number of hydrogen-bond donors (Lipinski definition) is 1. The predicted molar refractivity (Wildman–Crippen MR) is 131 cm³/mol. The Kier molecular flexibility index (Phi) is 7.02. The van der Waals surface area contributed by atoms with Crippen LogP contribution in [0.15, 0.2) is 133 Å². The number of hydrogen-bond acceptors (Lipinski definition) is 2. The normalized spacial score (nSPS) is 11.6. The van der Waals surface area contributed by atoms with Gasteiger partial charge < -0.3 is 0 Å². The van der Waals surface area contributed by atoms with Gasteiger partial charge in [-0.25, -0.2) is 5.43 Å². The maximum Gasteiger partial charge on any atom is 0.252 e. The smallest absolute Gasteiger partial charge is 0.252 e. The molecule has 0 bridgehead atoms. The van der Waals surface area contributed by atoms with E-state index < -0.39 is 5.92 Å². The Morgan fingerprint density at radius 1 is 0.656 bits per heavy atom. The molecule has 4 aromatic rings. The summed E-state index contributed by atoms with van der Waals surface area (Å²) in [5, 5.41) is 4.51. The zero-order chi connectivity index (χ0) is 22.0. The molecule has 156 valence electrons. The Labute approximate surface area is 188 Å². The molecule has 32 heavy (non-hydrogen) atoms. The van der Waals surface area contributed by atoms with Crippen molar-refractivity contribution < 1.29 is 4.79 Å². The van der Waals surface area contributed by atoms with Crippen molar-refractivity contribution in [3.05, 3.63) is 150 Å². The summed E-state index contributed by atoms with van der Waals surface area (Å²) in [7, 11) is 0. The average Bonchev–Trinajstić information content (AvgIpc) is 2.87. The lowest BCUT2D eigenvalue weighted by Crippen LogP contribution is -2.27. The van der Waals surface area contributed by atoms with Crippen LogP contribution in [0.5, 0.6) is 0 Å². The third kappa shape index (κ3) is 5.46. The molecule has 0 heterocycles. The Bertz CT molecular complexity index is 1150. The van der Waals surface area contributed by atoms with Crippen LogP contribution in [0.4, 0.5) is 0 Å². The molecule has 1 amide bonds. The molecule has 0 spiro atoms. The second-order valence-corrected chi connectivity index (χ2v) is 7.34. The van der Waals surface area contributed by atoms with E-state index in [1.165, 1.54) is 0 Å². The molecule has 0 saturated carbocycles. The maximum atomic E-state index is 13.3. The predicted octanol–water partition coefficient (Wildman–Crippen LogP) is 6.05. The zero-order valence-electron chi connectivity index (χ0n) is 17.6. The third-order valence-electron chi connectivity index (χ3n) is 5.12. The van der Waals surface area contributed by atoms with Gasteiger partial charge in [0.1, 0.15) is 0 Å². The second-order valence-electron chi connectivity index (χ2n) is 7.34. The van der Waals surface area contributed by atoms with Gasteiger partial charge in [0.15, 0.2) is 0 Å². The van der Waals surface area contributed by atoms with Crippen LogP contribution in [0, 0.1) is 0 Å². The minimum absolute atomic E-state index is 0.177. The number of rotatable bonds is 7. The molecule has 0 fully saturated rings. The molecule has 3 nitrogen and oxygen atoms in total. The molecule has 0 aliphatic heterocycles. The van der Waals surface area contributed by atoms with Crippen molar-refractivity contribution in [2.24, 2.45) is 5.10 Å². The largest absolute Gasteiger partial charge is 0.272 e. The van der Waals surface area contributed by atoms with Crippen molar-refractivity contribution in [3.8, 4) is 0 Å². The standard InChI is InChI=1S/C29H24N2O/c32-29(28(25-17-9-3-10-18-25)26-19-11-4-12-20-26)31-30-27(24-15-7-2-8-16-24)22-21-23-13-5-1-6-14-23/h1-22,28H,(H,31,32)/b22-21+,30-27?. The Morgan fingerprint density at radius 3 is 1.66 bits per heavy atom. The van der Waals surface area contributed by atoms with Gasteiger partial charge in [0.25, 0.3) is 5.91 Å². The highest BCUT2D eigenvalue weighted by Gasteiger charge is 2.22. The van der Waals surface area contributed by atoms with Gasteiger partial charge in [-0.3, -0.25) is 4.79 Å². The van der Waals surface area contributed by atoms with Crippen molar-refractivity contribution in [2.75, 3.05) is 0 Å². The molecule has 0 atom stereocenters. The number of carbonyl (C=O) groups is 1. The highest BCUT2D eigenvalue weighted by Crippen LogP contribution is 2.24. The van der Waals surface area contributed by atoms with Crippen LogP contribution in [0.2, 0.25) is 0 Å². The van der Waals surface area contributed by atoms with Gasteiger partial charge in [-0.1, -0.05) is 127 Å². The van der Waals surface area contributed by atoms with E-state index in [1.807, 2.05) is 133 Å². The molecular formula is C29H24N2O. The lowest BCUT2D eigenvalue weighted by Gasteiger charge is -2.16. The monoisotopic (exact) mass is 416 g/mol. The fourth-order valence-electron chi connectivity index (χ4n) is 3.51. The van der Waals surface area contributed by atoms with E-state index in [9.17, 15) is 4.79 Å². The first-order valence-corrected chi connectivity index (χ1v) is 10.6. The van der Waals surface area contributed by atoms with Gasteiger partial charge in [-0.05, 0) is 22.8 Å². The quantitative estimate of drug-likeness (QED) is 0.289. The molecule has 0 unspecified atom stereocenters. The van der Waals surface area contributed by atoms with Crippen molar-refractivity contribution in [1.82, 2.24) is 5.43 Å². The molecule has 1 N–H and O–H groups in total. The fraction of sp³-hybridized carbons (Fsp3) is 0.0345. The fourth-order valence-corrected chi connectivity index (χ4v) is 3.51. The Hall–Kier alpha value is -4.24. The van der Waals surface area contributed by atoms with E-state index in [2.05, 4.69) is 10.5 Å². The van der Waals surface area contributed by atoms with Gasteiger partial charge in [0.2, 0.25) is 0 Å². The van der Waals surface area contributed by atoms with E-state index in [0.29, 0.717) is 5.71 Å². The molecule has 3 heteroatoms. The van der Waals surface area contributed by atoms with Gasteiger partial charge in [0.05, 0.1) is 11.6 Å². The van der Waals surface area contributed by atoms with Crippen LogP contribution in [-0.2, 0) is 4.79 Å². The summed E-state index contributed by atoms with van der Waals surface area (Å²) >= 11 is 0. The summed E-state index contributed by atoms with van der Waals surface area (Å²) in [6.07, 6.45) is 3.91. The van der Waals surface area contributed by atoms with E-state index in [-0.39, 0.29) is 5.91 Å². The van der Waals surface area contributed by atoms with Crippen molar-refractivity contribution in [1.29, 1.82) is 0 Å². The van der Waals surface area contributed by atoms with E-state index in [1.54, 1.807) is 0 Å². The number of nitrogens with zero attached hydrogens (tertiary/aromatic N) is 1. The molecule has 4 rings (SSSR count). The van der Waals surface area contributed by atoms with Gasteiger partial charge >= 0.3 is 0 Å². The highest BCUT2D eigenvalue weighted by molar-refractivity contribution is 6.11. The molecule has 0 saturated heterocycles. The zero-order valence-corrected chi connectivity index (χ0v) is 17.6. The van der Waals surface area contributed by atoms with E-state index >= 15 is 0 Å². The number of amides is 1. The summed E-state index contributed by atoms with van der Waals surface area (Å²) in [6, 6.07) is 39.4. The highest BCUT2D eigenvalue weighted by atomic mass is 16.2.